The first-order valence-corrected chi connectivity index (χ1v) is 4.64. The predicted octanol–water partition coefficient (Wildman–Crippen LogP) is 1.64. The molecule has 1 aromatic carbocycles. The lowest BCUT2D eigenvalue weighted by atomic mass is 10.1. The molecular weight excluding hydrogens is 214 g/mol. The summed E-state index contributed by atoms with van der Waals surface area (Å²) in [6.45, 7) is 0. The van der Waals surface area contributed by atoms with Gasteiger partial charge in [0.25, 0.3) is 5.56 Å². The third-order valence-electron chi connectivity index (χ3n) is 2.16. The molecule has 0 radical (unpaired) electrons. The standard InChI is InChI=1S/C11H8F2N2O/c12-9-2-1-3-10(13)8(9)6-7-4-5-11(16)15-14-7/h1-5H,6H2,(H,15,16). The summed E-state index contributed by atoms with van der Waals surface area (Å²) in [4.78, 5) is 10.7. The minimum Gasteiger partial charge on any atom is -0.268 e. The number of rotatable bonds is 2. The molecule has 0 amide bonds. The lowest BCUT2D eigenvalue weighted by Crippen LogP contribution is -2.08. The van der Waals surface area contributed by atoms with Crippen LogP contribution in [-0.4, -0.2) is 10.2 Å². The maximum Gasteiger partial charge on any atom is 0.264 e. The molecule has 3 nitrogen and oxygen atoms in total. The molecule has 0 saturated heterocycles. The van der Waals surface area contributed by atoms with E-state index in [0.29, 0.717) is 5.69 Å². The number of hydrogen-bond acceptors (Lipinski definition) is 2. The third kappa shape index (κ3) is 2.13. The zero-order valence-corrected chi connectivity index (χ0v) is 8.21. The Morgan fingerprint density at radius 3 is 2.38 bits per heavy atom. The zero-order chi connectivity index (χ0) is 11.5. The van der Waals surface area contributed by atoms with Crippen molar-refractivity contribution < 1.29 is 8.78 Å². The van der Waals surface area contributed by atoms with Gasteiger partial charge in [-0.15, -0.1) is 0 Å². The van der Waals surface area contributed by atoms with Crippen LogP contribution in [0.5, 0.6) is 0 Å². The van der Waals surface area contributed by atoms with E-state index in [1.807, 2.05) is 0 Å². The molecule has 1 N–H and O–H groups in total. The molecule has 2 aromatic rings. The first-order valence-electron chi connectivity index (χ1n) is 4.64. The SMILES string of the molecule is O=c1ccc(Cc2c(F)cccc2F)n[nH]1. The van der Waals surface area contributed by atoms with Gasteiger partial charge < -0.3 is 0 Å². The van der Waals surface area contributed by atoms with Crippen LogP contribution in [0, 0.1) is 11.6 Å². The van der Waals surface area contributed by atoms with Crippen LogP contribution in [0.1, 0.15) is 11.3 Å². The Hall–Kier alpha value is -2.04. The van der Waals surface area contributed by atoms with Gasteiger partial charge in [-0.25, -0.2) is 13.9 Å². The maximum absolute atomic E-state index is 13.3. The fourth-order valence-electron chi connectivity index (χ4n) is 1.35. The van der Waals surface area contributed by atoms with Crippen molar-refractivity contribution in [3.63, 3.8) is 0 Å². The molecule has 82 valence electrons. The quantitative estimate of drug-likeness (QED) is 0.839. The Bertz CT molecular complexity index is 525. The number of halogens is 2. The number of nitrogens with zero attached hydrogens (tertiary/aromatic N) is 1. The van der Waals surface area contributed by atoms with E-state index in [9.17, 15) is 13.6 Å². The van der Waals surface area contributed by atoms with Gasteiger partial charge in [-0.3, -0.25) is 4.79 Å². The monoisotopic (exact) mass is 222 g/mol. The van der Waals surface area contributed by atoms with Crippen molar-refractivity contribution in [2.24, 2.45) is 0 Å². The lowest BCUT2D eigenvalue weighted by molar-refractivity contribution is 0.560. The molecule has 0 atom stereocenters. The highest BCUT2D eigenvalue weighted by Gasteiger charge is 2.09. The molecule has 0 aliphatic rings. The number of hydrogen-bond donors (Lipinski definition) is 1. The summed E-state index contributed by atoms with van der Waals surface area (Å²) in [6, 6.07) is 6.37. The second kappa shape index (κ2) is 4.22. The highest BCUT2D eigenvalue weighted by molar-refractivity contribution is 5.24. The molecule has 0 saturated carbocycles. The molecule has 0 unspecified atom stereocenters. The van der Waals surface area contributed by atoms with Gasteiger partial charge in [0.2, 0.25) is 0 Å². The maximum atomic E-state index is 13.3. The highest BCUT2D eigenvalue weighted by Crippen LogP contribution is 2.14. The van der Waals surface area contributed by atoms with Crippen LogP contribution >= 0.6 is 0 Å². The van der Waals surface area contributed by atoms with Crippen molar-refractivity contribution in [1.29, 1.82) is 0 Å². The van der Waals surface area contributed by atoms with Crippen LogP contribution in [0.3, 0.4) is 0 Å². The summed E-state index contributed by atoms with van der Waals surface area (Å²) >= 11 is 0. The van der Waals surface area contributed by atoms with Gasteiger partial charge in [0.1, 0.15) is 11.6 Å². The average molecular weight is 222 g/mol. The van der Waals surface area contributed by atoms with Gasteiger partial charge in [-0.05, 0) is 18.2 Å². The summed E-state index contributed by atoms with van der Waals surface area (Å²) in [6.07, 6.45) is 0.00921. The van der Waals surface area contributed by atoms with Crippen LogP contribution in [0.15, 0.2) is 35.1 Å². The van der Waals surface area contributed by atoms with Crippen molar-refractivity contribution >= 4 is 0 Å². The van der Waals surface area contributed by atoms with Gasteiger partial charge in [0.05, 0.1) is 5.69 Å². The summed E-state index contributed by atoms with van der Waals surface area (Å²) in [5, 5.41) is 5.89. The largest absolute Gasteiger partial charge is 0.268 e. The fraction of sp³-hybridized carbons (Fsp3) is 0.0909. The van der Waals surface area contributed by atoms with E-state index in [2.05, 4.69) is 10.2 Å². The van der Waals surface area contributed by atoms with Gasteiger partial charge in [-0.2, -0.15) is 5.10 Å². The molecule has 0 spiro atoms. The average Bonchev–Trinajstić information content (AvgIpc) is 2.26. The smallest absolute Gasteiger partial charge is 0.264 e. The molecule has 2 rings (SSSR count). The van der Waals surface area contributed by atoms with E-state index in [1.54, 1.807) is 0 Å². The number of aromatic nitrogens is 2. The van der Waals surface area contributed by atoms with Crippen molar-refractivity contribution in [3.8, 4) is 0 Å². The number of benzene rings is 1. The van der Waals surface area contributed by atoms with Gasteiger partial charge >= 0.3 is 0 Å². The van der Waals surface area contributed by atoms with Crippen LogP contribution < -0.4 is 5.56 Å². The molecule has 0 fully saturated rings. The second-order valence-corrected chi connectivity index (χ2v) is 3.29. The van der Waals surface area contributed by atoms with Gasteiger partial charge in [-0.1, -0.05) is 6.07 Å². The minimum absolute atomic E-state index is 0.00921. The van der Waals surface area contributed by atoms with Gasteiger partial charge in [0, 0.05) is 18.1 Å². The summed E-state index contributed by atoms with van der Waals surface area (Å²) in [5.41, 5.74) is 0.00315. The van der Waals surface area contributed by atoms with Crippen molar-refractivity contribution in [1.82, 2.24) is 10.2 Å². The topological polar surface area (TPSA) is 45.8 Å². The molecule has 5 heteroatoms. The fourth-order valence-corrected chi connectivity index (χ4v) is 1.35. The molecule has 0 aliphatic carbocycles. The van der Waals surface area contributed by atoms with E-state index >= 15 is 0 Å². The van der Waals surface area contributed by atoms with E-state index < -0.39 is 11.6 Å². The summed E-state index contributed by atoms with van der Waals surface area (Å²) in [5.74, 6) is -1.24. The van der Waals surface area contributed by atoms with Crippen LogP contribution in [0.25, 0.3) is 0 Å². The van der Waals surface area contributed by atoms with E-state index in [1.165, 1.54) is 30.3 Å². The minimum atomic E-state index is -0.618. The Morgan fingerprint density at radius 2 is 1.81 bits per heavy atom. The molecular formula is C11H8F2N2O. The molecule has 1 aromatic heterocycles. The van der Waals surface area contributed by atoms with Crippen LogP contribution in [-0.2, 0) is 6.42 Å². The highest BCUT2D eigenvalue weighted by atomic mass is 19.1. The van der Waals surface area contributed by atoms with E-state index in [-0.39, 0.29) is 17.5 Å². The van der Waals surface area contributed by atoms with Crippen molar-refractivity contribution in [2.45, 2.75) is 6.42 Å². The van der Waals surface area contributed by atoms with Crippen LogP contribution in [0.4, 0.5) is 8.78 Å². The zero-order valence-electron chi connectivity index (χ0n) is 8.21. The first kappa shape index (κ1) is 10.5. The Kier molecular flexibility index (Phi) is 2.76. The number of aromatic amines is 1. The van der Waals surface area contributed by atoms with Crippen molar-refractivity contribution in [3.05, 3.63) is 63.6 Å². The second-order valence-electron chi connectivity index (χ2n) is 3.29. The van der Waals surface area contributed by atoms with E-state index in [0.717, 1.165) is 0 Å². The van der Waals surface area contributed by atoms with E-state index in [4.69, 9.17) is 0 Å². The summed E-state index contributed by atoms with van der Waals surface area (Å²) in [7, 11) is 0. The Balaban J connectivity index is 2.34. The summed E-state index contributed by atoms with van der Waals surface area (Å²) < 4.78 is 26.6. The first-order chi connectivity index (χ1) is 7.66. The Labute approximate surface area is 89.8 Å². The number of nitrogens with one attached hydrogen (secondary N) is 1. The van der Waals surface area contributed by atoms with Crippen molar-refractivity contribution in [2.75, 3.05) is 0 Å². The van der Waals surface area contributed by atoms with Crippen LogP contribution in [0.2, 0.25) is 0 Å². The normalized spacial score (nSPS) is 10.4. The lowest BCUT2D eigenvalue weighted by Gasteiger charge is -2.03. The van der Waals surface area contributed by atoms with Gasteiger partial charge in [0.15, 0.2) is 0 Å². The molecule has 0 aliphatic heterocycles. The third-order valence-corrected chi connectivity index (χ3v) is 2.16. The Morgan fingerprint density at radius 1 is 1.12 bits per heavy atom. The molecule has 16 heavy (non-hydrogen) atoms. The predicted molar refractivity (Wildman–Crippen MR) is 54.0 cm³/mol. The molecule has 0 bridgehead atoms. The molecule has 1 heterocycles. The number of H-pyrrole nitrogens is 1.